The molecule has 0 saturated carbocycles. The Morgan fingerprint density at radius 1 is 1.60 bits per heavy atom. The van der Waals surface area contributed by atoms with Gasteiger partial charge in [-0.2, -0.15) is 0 Å². The molecule has 84 valence electrons. The lowest BCUT2D eigenvalue weighted by molar-refractivity contribution is 0.0620. The lowest BCUT2D eigenvalue weighted by Gasteiger charge is -2.34. The van der Waals surface area contributed by atoms with Crippen molar-refractivity contribution in [3.63, 3.8) is 0 Å². The maximum absolute atomic E-state index is 12.0. The molecule has 0 fully saturated rings. The van der Waals surface area contributed by atoms with Crippen molar-refractivity contribution in [3.8, 4) is 0 Å². The summed E-state index contributed by atoms with van der Waals surface area (Å²) in [5.41, 5.74) is 0.234. The van der Waals surface area contributed by atoms with Gasteiger partial charge >= 0.3 is 0 Å². The normalized spacial score (nSPS) is 11.5. The van der Waals surface area contributed by atoms with E-state index >= 15 is 0 Å². The molecule has 0 atom stereocenters. The first-order valence-electron chi connectivity index (χ1n) is 4.91. The predicted molar refractivity (Wildman–Crippen MR) is 60.2 cm³/mol. The summed E-state index contributed by atoms with van der Waals surface area (Å²) in [6, 6.07) is 1.59. The van der Waals surface area contributed by atoms with Gasteiger partial charge in [0.15, 0.2) is 0 Å². The number of carbonyl (C=O) groups is 1. The van der Waals surface area contributed by atoms with Gasteiger partial charge in [0.05, 0.1) is 11.8 Å². The van der Waals surface area contributed by atoms with Gasteiger partial charge in [0.2, 0.25) is 5.22 Å². The molecule has 1 amide bonds. The highest BCUT2D eigenvalue weighted by Gasteiger charge is 2.28. The molecule has 1 aromatic heterocycles. The third-order valence-corrected chi connectivity index (χ3v) is 3.22. The molecule has 1 aromatic rings. The van der Waals surface area contributed by atoms with Gasteiger partial charge in [-0.15, -0.1) is 0 Å². The minimum atomic E-state index is -0.183. The second-order valence-corrected chi connectivity index (χ2v) is 4.48. The van der Waals surface area contributed by atoms with Crippen molar-refractivity contribution in [2.24, 2.45) is 0 Å². The lowest BCUT2D eigenvalue weighted by atomic mass is 9.99. The van der Waals surface area contributed by atoms with E-state index in [4.69, 9.17) is 16.0 Å². The van der Waals surface area contributed by atoms with E-state index in [2.05, 4.69) is 0 Å². The highest BCUT2D eigenvalue weighted by atomic mass is 35.5. The van der Waals surface area contributed by atoms with Crippen LogP contribution in [0.3, 0.4) is 0 Å². The van der Waals surface area contributed by atoms with Crippen LogP contribution < -0.4 is 0 Å². The fourth-order valence-corrected chi connectivity index (χ4v) is 1.33. The standard InChI is InChI=1S/C11H16ClNO2/c1-5-11(2,3)13(4)10(14)8-6-7-15-9(8)12/h6-7H,5H2,1-4H3. The molecule has 3 nitrogen and oxygen atoms in total. The SMILES string of the molecule is CCC(C)(C)N(C)C(=O)c1ccoc1Cl. The average molecular weight is 230 g/mol. The van der Waals surface area contributed by atoms with E-state index in [0.29, 0.717) is 5.56 Å². The molecule has 0 aliphatic rings. The zero-order valence-corrected chi connectivity index (χ0v) is 10.3. The van der Waals surface area contributed by atoms with Crippen molar-refractivity contribution < 1.29 is 9.21 Å². The first kappa shape index (κ1) is 12.1. The van der Waals surface area contributed by atoms with E-state index in [0.717, 1.165) is 6.42 Å². The highest BCUT2D eigenvalue weighted by molar-refractivity contribution is 6.32. The van der Waals surface area contributed by atoms with Crippen LogP contribution in [0.1, 0.15) is 37.6 Å². The average Bonchev–Trinajstić information content (AvgIpc) is 2.62. The number of nitrogens with zero attached hydrogens (tertiary/aromatic N) is 1. The summed E-state index contributed by atoms with van der Waals surface area (Å²) in [5.74, 6) is -0.111. The Balaban J connectivity index is 2.92. The fraction of sp³-hybridized carbons (Fsp3) is 0.545. The van der Waals surface area contributed by atoms with Crippen LogP contribution in [0.2, 0.25) is 5.22 Å². The Kier molecular flexibility index (Phi) is 3.45. The van der Waals surface area contributed by atoms with Gasteiger partial charge in [0.25, 0.3) is 5.91 Å². The maximum atomic E-state index is 12.0. The number of hydrogen-bond donors (Lipinski definition) is 0. The molecule has 0 bridgehead atoms. The van der Waals surface area contributed by atoms with Crippen LogP contribution in [0.25, 0.3) is 0 Å². The van der Waals surface area contributed by atoms with Gasteiger partial charge in [0.1, 0.15) is 0 Å². The molecule has 1 rings (SSSR count). The van der Waals surface area contributed by atoms with E-state index in [1.54, 1.807) is 18.0 Å². The summed E-state index contributed by atoms with van der Waals surface area (Å²) in [6.07, 6.45) is 2.30. The lowest BCUT2D eigenvalue weighted by Crippen LogP contribution is -2.44. The molecule has 0 spiro atoms. The molecule has 0 N–H and O–H groups in total. The minimum absolute atomic E-state index is 0.111. The molecule has 0 radical (unpaired) electrons. The molecule has 15 heavy (non-hydrogen) atoms. The molecule has 1 heterocycles. The Bertz CT molecular complexity index is 357. The molecular formula is C11H16ClNO2. The number of hydrogen-bond acceptors (Lipinski definition) is 2. The van der Waals surface area contributed by atoms with Crippen molar-refractivity contribution in [1.82, 2.24) is 4.90 Å². The minimum Gasteiger partial charge on any atom is -0.452 e. The smallest absolute Gasteiger partial charge is 0.258 e. The van der Waals surface area contributed by atoms with Gasteiger partial charge in [-0.25, -0.2) is 0 Å². The Hall–Kier alpha value is -0.960. The van der Waals surface area contributed by atoms with Crippen molar-refractivity contribution >= 4 is 17.5 Å². The summed E-state index contributed by atoms with van der Waals surface area (Å²) in [7, 11) is 1.77. The molecule has 0 saturated heterocycles. The summed E-state index contributed by atoms with van der Waals surface area (Å²) in [4.78, 5) is 13.7. The van der Waals surface area contributed by atoms with Gasteiger partial charge in [-0.05, 0) is 37.9 Å². The van der Waals surface area contributed by atoms with Gasteiger partial charge in [0, 0.05) is 12.6 Å². The number of rotatable bonds is 3. The van der Waals surface area contributed by atoms with E-state index in [-0.39, 0.29) is 16.7 Å². The van der Waals surface area contributed by atoms with Crippen molar-refractivity contribution in [2.45, 2.75) is 32.7 Å². The van der Waals surface area contributed by atoms with E-state index < -0.39 is 0 Å². The van der Waals surface area contributed by atoms with Crippen molar-refractivity contribution in [1.29, 1.82) is 0 Å². The number of furan rings is 1. The summed E-state index contributed by atoms with van der Waals surface area (Å²) in [5, 5.41) is 0.152. The topological polar surface area (TPSA) is 33.5 Å². The summed E-state index contributed by atoms with van der Waals surface area (Å²) >= 11 is 5.76. The molecule has 0 aliphatic heterocycles. The zero-order chi connectivity index (χ0) is 11.6. The van der Waals surface area contributed by atoms with E-state index in [1.807, 2.05) is 20.8 Å². The zero-order valence-electron chi connectivity index (χ0n) is 9.50. The molecule has 4 heteroatoms. The third-order valence-electron chi connectivity index (χ3n) is 2.93. The molecular weight excluding hydrogens is 214 g/mol. The monoisotopic (exact) mass is 229 g/mol. The van der Waals surface area contributed by atoms with Crippen LogP contribution in [0, 0.1) is 0 Å². The van der Waals surface area contributed by atoms with Gasteiger partial charge in [-0.3, -0.25) is 4.79 Å². The van der Waals surface area contributed by atoms with Crippen LogP contribution in [0.4, 0.5) is 0 Å². The maximum Gasteiger partial charge on any atom is 0.258 e. The third kappa shape index (κ3) is 2.34. The van der Waals surface area contributed by atoms with Crippen LogP contribution in [0.15, 0.2) is 16.7 Å². The van der Waals surface area contributed by atoms with Crippen molar-refractivity contribution in [3.05, 3.63) is 23.1 Å². The quantitative estimate of drug-likeness (QED) is 0.798. The largest absolute Gasteiger partial charge is 0.452 e. The van der Waals surface area contributed by atoms with Crippen LogP contribution in [0.5, 0.6) is 0 Å². The predicted octanol–water partition coefficient (Wildman–Crippen LogP) is 3.19. The molecule has 0 unspecified atom stereocenters. The van der Waals surface area contributed by atoms with E-state index in [9.17, 15) is 4.79 Å². The van der Waals surface area contributed by atoms with Crippen LogP contribution in [-0.4, -0.2) is 23.4 Å². The first-order chi connectivity index (χ1) is 6.90. The van der Waals surface area contributed by atoms with E-state index in [1.165, 1.54) is 6.26 Å². The molecule has 0 aromatic carbocycles. The fourth-order valence-electron chi connectivity index (χ4n) is 1.14. The van der Waals surface area contributed by atoms with Crippen LogP contribution in [-0.2, 0) is 0 Å². The molecule has 0 aliphatic carbocycles. The second-order valence-electron chi connectivity index (χ2n) is 4.14. The Labute approximate surface area is 95.0 Å². The van der Waals surface area contributed by atoms with Crippen LogP contribution >= 0.6 is 11.6 Å². The van der Waals surface area contributed by atoms with Gasteiger partial charge < -0.3 is 9.32 Å². The second kappa shape index (κ2) is 4.27. The van der Waals surface area contributed by atoms with Crippen molar-refractivity contribution in [2.75, 3.05) is 7.05 Å². The highest BCUT2D eigenvalue weighted by Crippen LogP contribution is 2.23. The number of amides is 1. The Morgan fingerprint density at radius 3 is 2.60 bits per heavy atom. The number of halogens is 1. The van der Waals surface area contributed by atoms with Gasteiger partial charge in [-0.1, -0.05) is 6.92 Å². The summed E-state index contributed by atoms with van der Waals surface area (Å²) in [6.45, 7) is 6.07. The number of carbonyl (C=O) groups excluding carboxylic acids is 1. The first-order valence-corrected chi connectivity index (χ1v) is 5.29. The summed E-state index contributed by atoms with van der Waals surface area (Å²) < 4.78 is 4.90. The Morgan fingerprint density at radius 2 is 2.20 bits per heavy atom.